The van der Waals surface area contributed by atoms with Crippen molar-refractivity contribution in [3.05, 3.63) is 0 Å². The zero-order chi connectivity index (χ0) is 23.0. The van der Waals surface area contributed by atoms with Gasteiger partial charge in [0.1, 0.15) is 5.60 Å². The molecule has 4 atom stereocenters. The molecule has 0 saturated heterocycles. The summed E-state index contributed by atoms with van der Waals surface area (Å²) in [6.07, 6.45) is 7.48. The molecule has 0 radical (unpaired) electrons. The van der Waals surface area contributed by atoms with Crippen LogP contribution in [0.5, 0.6) is 0 Å². The van der Waals surface area contributed by atoms with Gasteiger partial charge in [-0.25, -0.2) is 0 Å². The minimum absolute atomic E-state index is 0.0123. The second-order valence-electron chi connectivity index (χ2n) is 13.8. The van der Waals surface area contributed by atoms with E-state index in [2.05, 4.69) is 13.8 Å². The molecule has 4 nitrogen and oxygen atoms in total. The Kier molecular flexibility index (Phi) is 5.37. The molecule has 0 aromatic heterocycles. The summed E-state index contributed by atoms with van der Waals surface area (Å²) in [5.74, 6) is 0.381. The van der Waals surface area contributed by atoms with Crippen molar-refractivity contribution < 1.29 is 19.7 Å². The summed E-state index contributed by atoms with van der Waals surface area (Å²) >= 11 is 0. The van der Waals surface area contributed by atoms with Crippen molar-refractivity contribution in [1.29, 1.82) is 0 Å². The summed E-state index contributed by atoms with van der Waals surface area (Å²) in [6, 6.07) is 0. The molecule has 0 spiro atoms. The minimum Gasteiger partial charge on any atom is -0.459 e. The second-order valence-corrected chi connectivity index (χ2v) is 13.8. The van der Waals surface area contributed by atoms with Crippen LogP contribution >= 0.6 is 0 Å². The largest absolute Gasteiger partial charge is 0.459 e. The summed E-state index contributed by atoms with van der Waals surface area (Å²) in [4.78, 5) is 13.1. The van der Waals surface area contributed by atoms with Crippen LogP contribution < -0.4 is 0 Å². The van der Waals surface area contributed by atoms with Gasteiger partial charge in [-0.15, -0.1) is 0 Å². The third-order valence-electron chi connectivity index (χ3n) is 9.35. The molecule has 4 fully saturated rings. The Labute approximate surface area is 184 Å². The van der Waals surface area contributed by atoms with Gasteiger partial charge >= 0.3 is 5.97 Å². The van der Waals surface area contributed by atoms with Crippen molar-refractivity contribution in [2.24, 2.45) is 27.6 Å². The highest BCUT2D eigenvalue weighted by Crippen LogP contribution is 2.75. The maximum absolute atomic E-state index is 13.1. The molecular weight excluding hydrogens is 376 g/mol. The number of ether oxygens (including phenoxy) is 1. The van der Waals surface area contributed by atoms with Crippen LogP contribution in [0, 0.1) is 27.6 Å². The maximum Gasteiger partial charge on any atom is 0.312 e. The molecule has 4 aliphatic rings. The van der Waals surface area contributed by atoms with Gasteiger partial charge in [0.2, 0.25) is 0 Å². The van der Waals surface area contributed by atoms with E-state index in [0.717, 1.165) is 51.4 Å². The van der Waals surface area contributed by atoms with Gasteiger partial charge in [-0.3, -0.25) is 4.79 Å². The van der Waals surface area contributed by atoms with E-state index in [1.807, 2.05) is 48.5 Å². The van der Waals surface area contributed by atoms with Gasteiger partial charge in [-0.2, -0.15) is 0 Å². The van der Waals surface area contributed by atoms with E-state index in [4.69, 9.17) is 4.74 Å². The summed E-state index contributed by atoms with van der Waals surface area (Å²) in [6.45, 7) is 17.9. The quantitative estimate of drug-likeness (QED) is 0.522. The molecule has 4 saturated carbocycles. The van der Waals surface area contributed by atoms with Gasteiger partial charge < -0.3 is 14.9 Å². The van der Waals surface area contributed by atoms with Crippen LogP contribution in [-0.2, 0) is 9.53 Å². The average molecular weight is 423 g/mol. The SMILES string of the molecule is CCC(C)(C)C(=O)OC(C)(C)C12CC3CC(CC(C)(C)O)(CC(C(C)(C)O)(C3)C1)C2. The molecule has 4 heteroatoms. The van der Waals surface area contributed by atoms with E-state index in [9.17, 15) is 15.0 Å². The van der Waals surface area contributed by atoms with E-state index in [1.165, 1.54) is 0 Å². The molecule has 0 aromatic rings. The number of carbonyl (C=O) groups is 1. The van der Waals surface area contributed by atoms with Gasteiger partial charge in [0, 0.05) is 10.8 Å². The Hall–Kier alpha value is -0.610. The Balaban J connectivity index is 2.04. The molecule has 30 heavy (non-hydrogen) atoms. The van der Waals surface area contributed by atoms with Gasteiger partial charge in [0.15, 0.2) is 0 Å². The minimum atomic E-state index is -0.800. The highest BCUT2D eigenvalue weighted by molar-refractivity contribution is 5.76. The van der Waals surface area contributed by atoms with Crippen molar-refractivity contribution in [2.45, 2.75) is 130 Å². The number of esters is 1. The van der Waals surface area contributed by atoms with Crippen molar-refractivity contribution in [3.63, 3.8) is 0 Å². The van der Waals surface area contributed by atoms with Crippen LogP contribution in [0.3, 0.4) is 0 Å². The first-order chi connectivity index (χ1) is 13.3. The van der Waals surface area contributed by atoms with Crippen LogP contribution in [0.25, 0.3) is 0 Å². The van der Waals surface area contributed by atoms with Crippen molar-refractivity contribution in [1.82, 2.24) is 0 Å². The molecule has 0 aromatic carbocycles. The lowest BCUT2D eigenvalue weighted by molar-refractivity contribution is -0.275. The summed E-state index contributed by atoms with van der Waals surface area (Å²) in [5.41, 5.74) is -3.04. The lowest BCUT2D eigenvalue weighted by atomic mass is 9.34. The van der Waals surface area contributed by atoms with Crippen molar-refractivity contribution >= 4 is 5.97 Å². The van der Waals surface area contributed by atoms with Crippen LogP contribution in [0.2, 0.25) is 0 Å². The fraction of sp³-hybridized carbons (Fsp3) is 0.962. The molecule has 2 N–H and O–H groups in total. The van der Waals surface area contributed by atoms with E-state index in [1.54, 1.807) is 0 Å². The predicted octanol–water partition coefficient (Wildman–Crippen LogP) is 5.63. The van der Waals surface area contributed by atoms with E-state index < -0.39 is 22.2 Å². The lowest BCUT2D eigenvalue weighted by Crippen LogP contribution is -2.68. The molecular formula is C26H46O4. The predicted molar refractivity (Wildman–Crippen MR) is 120 cm³/mol. The molecule has 174 valence electrons. The topological polar surface area (TPSA) is 66.8 Å². The highest BCUT2D eigenvalue weighted by atomic mass is 16.6. The Bertz CT molecular complexity index is 695. The highest BCUT2D eigenvalue weighted by Gasteiger charge is 2.70. The normalized spacial score (nSPS) is 36.8. The lowest BCUT2D eigenvalue weighted by Gasteiger charge is -2.72. The molecule has 0 amide bonds. The van der Waals surface area contributed by atoms with E-state index in [0.29, 0.717) is 5.92 Å². The van der Waals surface area contributed by atoms with Crippen LogP contribution in [-0.4, -0.2) is 33.0 Å². The summed E-state index contributed by atoms with van der Waals surface area (Å²) in [7, 11) is 0. The van der Waals surface area contributed by atoms with Crippen LogP contribution in [0.1, 0.15) is 114 Å². The first kappa shape index (κ1) is 24.0. The number of rotatable bonds is 7. The molecule has 4 aliphatic carbocycles. The number of aliphatic hydroxyl groups is 2. The zero-order valence-corrected chi connectivity index (χ0v) is 20.9. The zero-order valence-electron chi connectivity index (χ0n) is 20.9. The second kappa shape index (κ2) is 6.70. The summed E-state index contributed by atoms with van der Waals surface area (Å²) < 4.78 is 6.33. The van der Waals surface area contributed by atoms with Crippen LogP contribution in [0.15, 0.2) is 0 Å². The number of hydrogen-bond donors (Lipinski definition) is 2. The molecule has 0 aliphatic heterocycles. The third kappa shape index (κ3) is 3.85. The number of hydrogen-bond acceptors (Lipinski definition) is 4. The maximum atomic E-state index is 13.1. The van der Waals surface area contributed by atoms with Crippen LogP contribution in [0.4, 0.5) is 0 Å². The molecule has 4 rings (SSSR count). The van der Waals surface area contributed by atoms with Crippen molar-refractivity contribution in [2.75, 3.05) is 0 Å². The van der Waals surface area contributed by atoms with Gasteiger partial charge in [-0.1, -0.05) is 6.92 Å². The molecule has 4 bridgehead atoms. The number of carbonyl (C=O) groups excluding carboxylic acids is 1. The average Bonchev–Trinajstić information content (AvgIpc) is 2.49. The van der Waals surface area contributed by atoms with Gasteiger partial charge in [0.25, 0.3) is 0 Å². The smallest absolute Gasteiger partial charge is 0.312 e. The monoisotopic (exact) mass is 422 g/mol. The fourth-order valence-electron chi connectivity index (χ4n) is 7.73. The van der Waals surface area contributed by atoms with E-state index >= 15 is 0 Å². The molecule has 0 heterocycles. The molecule has 4 unspecified atom stereocenters. The van der Waals surface area contributed by atoms with Gasteiger partial charge in [0.05, 0.1) is 16.6 Å². The van der Waals surface area contributed by atoms with Gasteiger partial charge in [-0.05, 0) is 118 Å². The standard InChI is InChI=1S/C26H46O4/c1-10-20(2,3)19(27)30-23(8,9)26-13-18-11-24(16-26,14-21(4,5)28)15-25(12-18,17-26)22(6,7)29/h18,28-29H,10-17H2,1-9H3. The fourth-order valence-corrected chi connectivity index (χ4v) is 7.73. The van der Waals surface area contributed by atoms with Crippen molar-refractivity contribution in [3.8, 4) is 0 Å². The Morgan fingerprint density at radius 2 is 1.43 bits per heavy atom. The Morgan fingerprint density at radius 3 is 1.93 bits per heavy atom. The summed E-state index contributed by atoms with van der Waals surface area (Å²) in [5, 5.41) is 22.1. The first-order valence-electron chi connectivity index (χ1n) is 12.0. The first-order valence-corrected chi connectivity index (χ1v) is 12.0. The third-order valence-corrected chi connectivity index (χ3v) is 9.35. The Morgan fingerprint density at radius 1 is 0.900 bits per heavy atom. The van der Waals surface area contributed by atoms with E-state index in [-0.39, 0.29) is 22.2 Å².